The van der Waals surface area contributed by atoms with Crippen LogP contribution in [0.3, 0.4) is 0 Å². The standard InChI is InChI=1S/C37H38N2O8/c1-27(47-35(41)33(23-29-16-8-3-9-17-29)39-37(43)46-26-31-20-12-5-13-21-31)24-44-34(40)32(22-28-14-6-2-7-15-28)38-36(42)45-25-30-18-10-4-11-19-30/h2-21,27,32-33H,22-26H2,1H3,(H,38,42)(H,39,43)/t27-,32-,33+/m1/s1. The molecule has 244 valence electrons. The number of carbonyl (C=O) groups is 4. The maximum Gasteiger partial charge on any atom is 0.408 e. The minimum Gasteiger partial charge on any atom is -0.460 e. The quantitative estimate of drug-likeness (QED) is 0.128. The molecule has 4 aromatic rings. The fourth-order valence-corrected chi connectivity index (χ4v) is 4.51. The maximum atomic E-state index is 13.2. The van der Waals surface area contributed by atoms with Crippen molar-refractivity contribution >= 4 is 24.1 Å². The Bertz CT molecular complexity index is 1550. The van der Waals surface area contributed by atoms with E-state index in [9.17, 15) is 19.2 Å². The van der Waals surface area contributed by atoms with E-state index in [2.05, 4.69) is 10.6 Å². The summed E-state index contributed by atoms with van der Waals surface area (Å²) in [7, 11) is 0. The molecular weight excluding hydrogens is 600 g/mol. The molecule has 0 aromatic heterocycles. The van der Waals surface area contributed by atoms with E-state index < -0.39 is 42.3 Å². The van der Waals surface area contributed by atoms with Crippen LogP contribution in [-0.2, 0) is 54.6 Å². The normalized spacial score (nSPS) is 12.4. The lowest BCUT2D eigenvalue weighted by Gasteiger charge is -2.22. The molecule has 4 rings (SSSR count). The molecule has 0 saturated heterocycles. The van der Waals surface area contributed by atoms with Gasteiger partial charge in [0.2, 0.25) is 0 Å². The first kappa shape index (κ1) is 34.2. The van der Waals surface area contributed by atoms with E-state index in [1.54, 1.807) is 6.92 Å². The Morgan fingerprint density at radius 3 is 1.28 bits per heavy atom. The first-order valence-corrected chi connectivity index (χ1v) is 15.2. The van der Waals surface area contributed by atoms with Crippen LogP contribution < -0.4 is 10.6 Å². The molecule has 4 aromatic carbocycles. The van der Waals surface area contributed by atoms with Crippen LogP contribution in [0.4, 0.5) is 9.59 Å². The summed E-state index contributed by atoms with van der Waals surface area (Å²) in [6.45, 7) is 1.34. The highest BCUT2D eigenvalue weighted by atomic mass is 16.6. The first-order chi connectivity index (χ1) is 22.9. The molecule has 0 heterocycles. The van der Waals surface area contributed by atoms with E-state index in [0.29, 0.717) is 0 Å². The molecule has 0 aliphatic heterocycles. The SMILES string of the molecule is C[C@H](COC(=O)[C@@H](Cc1ccccc1)NC(=O)OCc1ccccc1)OC(=O)[C@H](Cc1ccccc1)NC(=O)OCc1ccccc1. The van der Waals surface area contributed by atoms with Gasteiger partial charge in [-0.3, -0.25) is 0 Å². The Morgan fingerprint density at radius 2 is 0.872 bits per heavy atom. The molecule has 0 saturated carbocycles. The molecule has 10 heteroatoms. The van der Waals surface area contributed by atoms with Gasteiger partial charge in [0.05, 0.1) is 0 Å². The van der Waals surface area contributed by atoms with E-state index in [4.69, 9.17) is 18.9 Å². The van der Waals surface area contributed by atoms with Crippen molar-refractivity contribution in [1.29, 1.82) is 0 Å². The molecule has 3 atom stereocenters. The zero-order valence-corrected chi connectivity index (χ0v) is 26.1. The topological polar surface area (TPSA) is 129 Å². The number of esters is 2. The minimum absolute atomic E-state index is 0.0319. The fourth-order valence-electron chi connectivity index (χ4n) is 4.51. The molecule has 0 spiro atoms. The minimum atomic E-state index is -1.06. The summed E-state index contributed by atoms with van der Waals surface area (Å²) in [6, 6.07) is 34.5. The lowest BCUT2D eigenvalue weighted by molar-refractivity contribution is -0.160. The first-order valence-electron chi connectivity index (χ1n) is 15.2. The average Bonchev–Trinajstić information content (AvgIpc) is 3.10. The third kappa shape index (κ3) is 12.3. The summed E-state index contributed by atoms with van der Waals surface area (Å²) in [6.07, 6.45) is -2.11. The molecule has 0 radical (unpaired) electrons. The summed E-state index contributed by atoms with van der Waals surface area (Å²) in [5.74, 6) is -1.45. The van der Waals surface area contributed by atoms with Crippen LogP contribution in [-0.4, -0.2) is 48.9 Å². The van der Waals surface area contributed by atoms with Crippen molar-refractivity contribution in [3.63, 3.8) is 0 Å². The molecule has 0 fully saturated rings. The Morgan fingerprint density at radius 1 is 0.511 bits per heavy atom. The van der Waals surface area contributed by atoms with Gasteiger partial charge in [-0.2, -0.15) is 0 Å². The molecule has 0 aliphatic carbocycles. The smallest absolute Gasteiger partial charge is 0.408 e. The Hall–Kier alpha value is -5.64. The van der Waals surface area contributed by atoms with Gasteiger partial charge in [-0.15, -0.1) is 0 Å². The number of nitrogens with one attached hydrogen (secondary N) is 2. The van der Waals surface area contributed by atoms with Gasteiger partial charge in [0, 0.05) is 12.8 Å². The van der Waals surface area contributed by atoms with Gasteiger partial charge in [0.25, 0.3) is 0 Å². The summed E-state index contributed by atoms with van der Waals surface area (Å²) in [5, 5.41) is 5.18. The third-order valence-corrected chi connectivity index (χ3v) is 6.92. The van der Waals surface area contributed by atoms with E-state index in [0.717, 1.165) is 22.3 Å². The van der Waals surface area contributed by atoms with Crippen molar-refractivity contribution in [3.8, 4) is 0 Å². The molecule has 47 heavy (non-hydrogen) atoms. The number of amides is 2. The fraction of sp³-hybridized carbons (Fsp3) is 0.243. The lowest BCUT2D eigenvalue weighted by Crippen LogP contribution is -2.46. The van der Waals surface area contributed by atoms with E-state index in [-0.39, 0.29) is 32.7 Å². The van der Waals surface area contributed by atoms with Gasteiger partial charge in [-0.25, -0.2) is 19.2 Å². The molecular formula is C37H38N2O8. The lowest BCUT2D eigenvalue weighted by atomic mass is 10.1. The predicted octanol–water partition coefficient (Wildman–Crippen LogP) is 5.54. The molecule has 0 aliphatic rings. The van der Waals surface area contributed by atoms with Crippen LogP contribution in [0.25, 0.3) is 0 Å². The van der Waals surface area contributed by atoms with E-state index in [1.165, 1.54) is 0 Å². The second-order valence-corrected chi connectivity index (χ2v) is 10.8. The van der Waals surface area contributed by atoms with Crippen LogP contribution in [0.2, 0.25) is 0 Å². The van der Waals surface area contributed by atoms with Gasteiger partial charge in [0.15, 0.2) is 0 Å². The summed E-state index contributed by atoms with van der Waals surface area (Å²) >= 11 is 0. The molecule has 2 amide bonds. The highest BCUT2D eigenvalue weighted by Gasteiger charge is 2.28. The van der Waals surface area contributed by atoms with Crippen LogP contribution in [0.5, 0.6) is 0 Å². The van der Waals surface area contributed by atoms with E-state index >= 15 is 0 Å². The Kier molecular flexibility index (Phi) is 13.4. The zero-order chi connectivity index (χ0) is 33.3. The number of benzene rings is 4. The van der Waals surface area contributed by atoms with Crippen LogP contribution in [0, 0.1) is 0 Å². The summed E-state index contributed by atoms with van der Waals surface area (Å²) in [5.41, 5.74) is 3.19. The summed E-state index contributed by atoms with van der Waals surface area (Å²) < 4.78 is 21.6. The van der Waals surface area contributed by atoms with Crippen molar-refractivity contribution in [2.75, 3.05) is 6.61 Å². The van der Waals surface area contributed by atoms with Crippen molar-refractivity contribution in [2.24, 2.45) is 0 Å². The van der Waals surface area contributed by atoms with Gasteiger partial charge >= 0.3 is 24.1 Å². The zero-order valence-electron chi connectivity index (χ0n) is 26.1. The predicted molar refractivity (Wildman–Crippen MR) is 174 cm³/mol. The highest BCUT2D eigenvalue weighted by Crippen LogP contribution is 2.10. The van der Waals surface area contributed by atoms with Crippen LogP contribution >= 0.6 is 0 Å². The molecule has 10 nitrogen and oxygen atoms in total. The highest BCUT2D eigenvalue weighted by molar-refractivity contribution is 5.82. The van der Waals surface area contributed by atoms with Crippen LogP contribution in [0.15, 0.2) is 121 Å². The number of ether oxygens (including phenoxy) is 4. The van der Waals surface area contributed by atoms with Gasteiger partial charge in [0.1, 0.15) is 38.0 Å². The van der Waals surface area contributed by atoms with Crippen molar-refractivity contribution in [1.82, 2.24) is 10.6 Å². The average molecular weight is 639 g/mol. The number of hydrogen-bond acceptors (Lipinski definition) is 8. The van der Waals surface area contributed by atoms with Crippen molar-refractivity contribution < 1.29 is 38.1 Å². The Balaban J connectivity index is 1.32. The number of alkyl carbamates (subject to hydrolysis) is 2. The van der Waals surface area contributed by atoms with Gasteiger partial charge in [-0.05, 0) is 29.2 Å². The molecule has 2 N–H and O–H groups in total. The number of carbonyl (C=O) groups excluding carboxylic acids is 4. The monoisotopic (exact) mass is 638 g/mol. The third-order valence-electron chi connectivity index (χ3n) is 6.92. The van der Waals surface area contributed by atoms with E-state index in [1.807, 2.05) is 121 Å². The van der Waals surface area contributed by atoms with Crippen molar-refractivity contribution in [2.45, 2.75) is 51.2 Å². The Labute approximate surface area is 274 Å². The molecule has 0 unspecified atom stereocenters. The molecule has 0 bridgehead atoms. The second-order valence-electron chi connectivity index (χ2n) is 10.8. The number of rotatable bonds is 15. The van der Waals surface area contributed by atoms with Gasteiger partial charge < -0.3 is 29.6 Å². The number of hydrogen-bond donors (Lipinski definition) is 2. The van der Waals surface area contributed by atoms with Crippen LogP contribution in [0.1, 0.15) is 29.2 Å². The largest absolute Gasteiger partial charge is 0.460 e. The van der Waals surface area contributed by atoms with Gasteiger partial charge in [-0.1, -0.05) is 121 Å². The summed E-state index contributed by atoms with van der Waals surface area (Å²) in [4.78, 5) is 51.6. The van der Waals surface area contributed by atoms with Crippen molar-refractivity contribution in [3.05, 3.63) is 144 Å². The second kappa shape index (κ2) is 18.4. The maximum absolute atomic E-state index is 13.2.